The lowest BCUT2D eigenvalue weighted by atomic mass is 10.0. The summed E-state index contributed by atoms with van der Waals surface area (Å²) in [5, 5.41) is 10.9. The molecule has 0 unspecified atom stereocenters. The maximum atomic E-state index is 10.9. The Labute approximate surface area is 122 Å². The average Bonchev–Trinajstić information content (AvgIpc) is 2.53. The molecule has 2 rings (SSSR count). The molecule has 2 aromatic carbocycles. The summed E-state index contributed by atoms with van der Waals surface area (Å²) in [6, 6.07) is 10.0. The molecule has 0 heterocycles. The number of methoxy groups -OCH3 is 2. The summed E-state index contributed by atoms with van der Waals surface area (Å²) in [7, 11) is 3.08. The van der Waals surface area contributed by atoms with Gasteiger partial charge >= 0.3 is 0 Å². The van der Waals surface area contributed by atoms with Gasteiger partial charge in [-0.2, -0.15) is 0 Å². The normalized spacial score (nSPS) is 10.2. The summed E-state index contributed by atoms with van der Waals surface area (Å²) < 4.78 is 10.6. The van der Waals surface area contributed by atoms with Gasteiger partial charge in [-0.25, -0.2) is 0 Å². The smallest absolute Gasteiger partial charge is 0.270 e. The van der Waals surface area contributed by atoms with E-state index < -0.39 is 4.92 Å². The maximum absolute atomic E-state index is 10.9. The van der Waals surface area contributed by atoms with Crippen LogP contribution in [0.2, 0.25) is 0 Å². The lowest BCUT2D eigenvalue weighted by Gasteiger charge is -2.14. The fraction of sp³-hybridized carbons (Fsp3) is 0.200. The van der Waals surface area contributed by atoms with Crippen molar-refractivity contribution < 1.29 is 14.4 Å². The van der Waals surface area contributed by atoms with Crippen molar-refractivity contribution in [1.29, 1.82) is 0 Å². The van der Waals surface area contributed by atoms with E-state index in [1.54, 1.807) is 25.3 Å². The third kappa shape index (κ3) is 2.95. The second-order valence-corrected chi connectivity index (χ2v) is 4.38. The van der Waals surface area contributed by atoms with Crippen LogP contribution in [0.15, 0.2) is 36.4 Å². The van der Waals surface area contributed by atoms with Crippen LogP contribution in [0.25, 0.3) is 11.1 Å². The van der Waals surface area contributed by atoms with E-state index in [0.29, 0.717) is 11.5 Å². The SMILES string of the molecule is COc1cc(-c2cccc([N+](=O)[O-])c2)cc(CN)c1OC. The van der Waals surface area contributed by atoms with Crippen LogP contribution in [0, 0.1) is 10.1 Å². The van der Waals surface area contributed by atoms with E-state index in [4.69, 9.17) is 15.2 Å². The quantitative estimate of drug-likeness (QED) is 0.675. The third-order valence-electron chi connectivity index (χ3n) is 3.17. The minimum Gasteiger partial charge on any atom is -0.493 e. The van der Waals surface area contributed by atoms with Gasteiger partial charge in [-0.1, -0.05) is 12.1 Å². The molecule has 2 N–H and O–H groups in total. The number of nitro groups is 1. The van der Waals surface area contributed by atoms with Gasteiger partial charge in [-0.3, -0.25) is 10.1 Å². The van der Waals surface area contributed by atoms with Gasteiger partial charge in [0.2, 0.25) is 0 Å². The van der Waals surface area contributed by atoms with E-state index in [2.05, 4.69) is 0 Å². The molecule has 0 amide bonds. The lowest BCUT2D eigenvalue weighted by Crippen LogP contribution is -2.02. The predicted octanol–water partition coefficient (Wildman–Crippen LogP) is 2.74. The zero-order valence-electron chi connectivity index (χ0n) is 11.8. The van der Waals surface area contributed by atoms with Crippen molar-refractivity contribution in [2.24, 2.45) is 5.73 Å². The number of benzene rings is 2. The summed E-state index contributed by atoms with van der Waals surface area (Å²) in [6.07, 6.45) is 0. The van der Waals surface area contributed by atoms with E-state index in [-0.39, 0.29) is 12.2 Å². The first-order valence-electron chi connectivity index (χ1n) is 6.30. The van der Waals surface area contributed by atoms with Crippen LogP contribution in [0.3, 0.4) is 0 Å². The highest BCUT2D eigenvalue weighted by molar-refractivity contribution is 5.71. The first kappa shape index (κ1) is 14.8. The van der Waals surface area contributed by atoms with Gasteiger partial charge in [0, 0.05) is 24.2 Å². The van der Waals surface area contributed by atoms with Crippen LogP contribution in [0.5, 0.6) is 11.5 Å². The highest BCUT2D eigenvalue weighted by Gasteiger charge is 2.14. The van der Waals surface area contributed by atoms with Gasteiger partial charge in [0.05, 0.1) is 19.1 Å². The fourth-order valence-corrected chi connectivity index (χ4v) is 2.16. The highest BCUT2D eigenvalue weighted by Crippen LogP contribution is 2.36. The van der Waals surface area contributed by atoms with Gasteiger partial charge in [0.15, 0.2) is 11.5 Å². The molecule has 0 fully saturated rings. The van der Waals surface area contributed by atoms with Crippen molar-refractivity contribution in [1.82, 2.24) is 0 Å². The highest BCUT2D eigenvalue weighted by atomic mass is 16.6. The van der Waals surface area contributed by atoms with Crippen molar-refractivity contribution in [2.75, 3.05) is 14.2 Å². The molecule has 0 aliphatic rings. The van der Waals surface area contributed by atoms with E-state index in [1.807, 2.05) is 6.07 Å². The number of non-ortho nitro benzene ring substituents is 1. The second kappa shape index (κ2) is 6.23. The van der Waals surface area contributed by atoms with Crippen LogP contribution in [-0.2, 0) is 6.54 Å². The summed E-state index contributed by atoms with van der Waals surface area (Å²) in [4.78, 5) is 10.4. The number of rotatable bonds is 5. The Morgan fingerprint density at radius 3 is 2.48 bits per heavy atom. The van der Waals surface area contributed by atoms with E-state index in [0.717, 1.165) is 16.7 Å². The molecule has 6 nitrogen and oxygen atoms in total. The first-order valence-corrected chi connectivity index (χ1v) is 6.30. The lowest BCUT2D eigenvalue weighted by molar-refractivity contribution is -0.384. The van der Waals surface area contributed by atoms with Crippen molar-refractivity contribution >= 4 is 5.69 Å². The van der Waals surface area contributed by atoms with Gasteiger partial charge in [-0.05, 0) is 23.3 Å². The summed E-state index contributed by atoms with van der Waals surface area (Å²) in [5.74, 6) is 1.12. The number of hydrogen-bond donors (Lipinski definition) is 1. The van der Waals surface area contributed by atoms with E-state index in [1.165, 1.54) is 19.2 Å². The molecule has 6 heteroatoms. The zero-order chi connectivity index (χ0) is 15.4. The summed E-state index contributed by atoms with van der Waals surface area (Å²) in [6.45, 7) is 0.280. The van der Waals surface area contributed by atoms with Gasteiger partial charge in [0.25, 0.3) is 5.69 Å². The molecule has 0 bridgehead atoms. The Morgan fingerprint density at radius 1 is 1.14 bits per heavy atom. The number of nitrogens with two attached hydrogens (primary N) is 1. The molecular formula is C15H16N2O4. The van der Waals surface area contributed by atoms with Crippen LogP contribution in [0.1, 0.15) is 5.56 Å². The summed E-state index contributed by atoms with van der Waals surface area (Å²) in [5.41, 5.74) is 8.06. The van der Waals surface area contributed by atoms with Crippen molar-refractivity contribution in [3.63, 3.8) is 0 Å². The minimum atomic E-state index is -0.423. The zero-order valence-corrected chi connectivity index (χ0v) is 11.8. The van der Waals surface area contributed by atoms with Crippen molar-refractivity contribution in [3.05, 3.63) is 52.1 Å². The molecule has 0 aliphatic heterocycles. The molecule has 0 radical (unpaired) electrons. The van der Waals surface area contributed by atoms with E-state index >= 15 is 0 Å². The topological polar surface area (TPSA) is 87.6 Å². The molecule has 2 aromatic rings. The Kier molecular flexibility index (Phi) is 4.39. The molecule has 21 heavy (non-hydrogen) atoms. The Bertz CT molecular complexity index is 645. The number of ether oxygens (including phenoxy) is 2. The fourth-order valence-electron chi connectivity index (χ4n) is 2.16. The van der Waals surface area contributed by atoms with Crippen molar-refractivity contribution in [3.8, 4) is 22.6 Å². The largest absolute Gasteiger partial charge is 0.493 e. The Hall–Kier alpha value is -2.60. The minimum absolute atomic E-state index is 0.0385. The first-order chi connectivity index (χ1) is 10.1. The molecule has 0 aliphatic carbocycles. The van der Waals surface area contributed by atoms with Crippen LogP contribution >= 0.6 is 0 Å². The van der Waals surface area contributed by atoms with Crippen LogP contribution < -0.4 is 15.2 Å². The average molecular weight is 288 g/mol. The standard InChI is InChI=1S/C15H16N2O4/c1-20-14-8-11(6-12(9-16)15(14)21-2)10-4-3-5-13(7-10)17(18)19/h3-8H,9,16H2,1-2H3. The van der Waals surface area contributed by atoms with Crippen LogP contribution in [-0.4, -0.2) is 19.1 Å². The molecule has 110 valence electrons. The van der Waals surface area contributed by atoms with Crippen LogP contribution in [0.4, 0.5) is 5.69 Å². The molecule has 0 saturated carbocycles. The van der Waals surface area contributed by atoms with Gasteiger partial charge < -0.3 is 15.2 Å². The Morgan fingerprint density at radius 2 is 1.90 bits per heavy atom. The Balaban J connectivity index is 2.58. The molecule has 0 spiro atoms. The number of nitro benzene ring substituents is 1. The summed E-state index contributed by atoms with van der Waals surface area (Å²) >= 11 is 0. The predicted molar refractivity (Wildman–Crippen MR) is 79.5 cm³/mol. The van der Waals surface area contributed by atoms with E-state index in [9.17, 15) is 10.1 Å². The van der Waals surface area contributed by atoms with Crippen molar-refractivity contribution in [2.45, 2.75) is 6.54 Å². The van der Waals surface area contributed by atoms with Gasteiger partial charge in [0.1, 0.15) is 0 Å². The second-order valence-electron chi connectivity index (χ2n) is 4.38. The number of nitrogens with zero attached hydrogens (tertiary/aromatic N) is 1. The molecule has 0 aromatic heterocycles. The molecular weight excluding hydrogens is 272 g/mol. The molecule has 0 saturated heterocycles. The third-order valence-corrected chi connectivity index (χ3v) is 3.17. The molecule has 0 atom stereocenters. The van der Waals surface area contributed by atoms with Gasteiger partial charge in [-0.15, -0.1) is 0 Å². The maximum Gasteiger partial charge on any atom is 0.270 e. The monoisotopic (exact) mass is 288 g/mol. The number of hydrogen-bond acceptors (Lipinski definition) is 5.